The monoisotopic (exact) mass is 324 g/mol. The second kappa shape index (κ2) is 6.82. The molecule has 0 spiro atoms. The number of rotatable bonds is 6. The molecule has 2 aromatic rings. The molecule has 5 nitrogen and oxygen atoms in total. The van der Waals surface area contributed by atoms with Crippen LogP contribution in [-0.2, 0) is 11.3 Å². The predicted molar refractivity (Wildman–Crippen MR) is 84.5 cm³/mol. The lowest BCUT2D eigenvalue weighted by atomic mass is 10.2. The fourth-order valence-corrected chi connectivity index (χ4v) is 3.41. The van der Waals surface area contributed by atoms with Crippen molar-refractivity contribution in [1.82, 2.24) is 4.98 Å². The van der Waals surface area contributed by atoms with E-state index in [0.717, 1.165) is 0 Å². The molecule has 0 saturated carbocycles. The lowest BCUT2D eigenvalue weighted by molar-refractivity contribution is 0.0517. The normalized spacial score (nSPS) is 10.4. The SMILES string of the molecule is CCOC(=O)c1nc(NCc2cscc2C)sc1C(C)=O. The molecule has 0 radical (unpaired) electrons. The van der Waals surface area contributed by atoms with Crippen LogP contribution in [0.5, 0.6) is 0 Å². The third kappa shape index (κ3) is 3.68. The van der Waals surface area contributed by atoms with Gasteiger partial charge in [0.2, 0.25) is 0 Å². The highest BCUT2D eigenvalue weighted by Crippen LogP contribution is 2.25. The molecule has 2 heterocycles. The average molecular weight is 324 g/mol. The van der Waals surface area contributed by atoms with E-state index < -0.39 is 5.97 Å². The van der Waals surface area contributed by atoms with E-state index in [2.05, 4.69) is 21.1 Å². The second-order valence-electron chi connectivity index (χ2n) is 4.41. The molecular weight excluding hydrogens is 308 g/mol. The second-order valence-corrected chi connectivity index (χ2v) is 6.15. The van der Waals surface area contributed by atoms with Gasteiger partial charge >= 0.3 is 5.97 Å². The van der Waals surface area contributed by atoms with Gasteiger partial charge in [-0.3, -0.25) is 4.79 Å². The third-order valence-corrected chi connectivity index (χ3v) is 4.83. The number of nitrogens with zero attached hydrogens (tertiary/aromatic N) is 1. The third-order valence-electron chi connectivity index (χ3n) is 2.81. The largest absolute Gasteiger partial charge is 0.461 e. The number of anilines is 1. The van der Waals surface area contributed by atoms with Gasteiger partial charge in [-0.25, -0.2) is 9.78 Å². The summed E-state index contributed by atoms with van der Waals surface area (Å²) in [6.45, 7) is 6.05. The molecule has 7 heteroatoms. The molecule has 0 aliphatic heterocycles. The Labute approximate surface area is 131 Å². The van der Waals surface area contributed by atoms with Gasteiger partial charge in [-0.1, -0.05) is 11.3 Å². The van der Waals surface area contributed by atoms with Gasteiger partial charge in [0.25, 0.3) is 0 Å². The highest BCUT2D eigenvalue weighted by molar-refractivity contribution is 7.17. The molecule has 0 bridgehead atoms. The summed E-state index contributed by atoms with van der Waals surface area (Å²) in [6, 6.07) is 0. The molecule has 2 aromatic heterocycles. The Bertz CT molecular complexity index is 661. The molecule has 2 rings (SSSR count). The lowest BCUT2D eigenvalue weighted by Gasteiger charge is -2.01. The number of nitrogens with one attached hydrogen (secondary N) is 1. The molecule has 0 saturated heterocycles. The molecule has 21 heavy (non-hydrogen) atoms. The average Bonchev–Trinajstić information content (AvgIpc) is 3.03. The highest BCUT2D eigenvalue weighted by Gasteiger charge is 2.22. The Morgan fingerprint density at radius 1 is 1.38 bits per heavy atom. The van der Waals surface area contributed by atoms with Gasteiger partial charge in [-0.15, -0.1) is 0 Å². The van der Waals surface area contributed by atoms with Gasteiger partial charge in [0.05, 0.1) is 6.61 Å². The Kier molecular flexibility index (Phi) is 5.08. The minimum absolute atomic E-state index is 0.0962. The first-order valence-electron chi connectivity index (χ1n) is 6.47. The summed E-state index contributed by atoms with van der Waals surface area (Å²) in [7, 11) is 0. The first-order valence-corrected chi connectivity index (χ1v) is 8.23. The van der Waals surface area contributed by atoms with E-state index in [-0.39, 0.29) is 18.1 Å². The maximum Gasteiger partial charge on any atom is 0.358 e. The summed E-state index contributed by atoms with van der Waals surface area (Å²) in [4.78, 5) is 28.0. The number of thiazole rings is 1. The number of carbonyl (C=O) groups is 2. The summed E-state index contributed by atoms with van der Waals surface area (Å²) < 4.78 is 4.93. The van der Waals surface area contributed by atoms with Crippen LogP contribution in [-0.4, -0.2) is 23.3 Å². The van der Waals surface area contributed by atoms with Crippen molar-refractivity contribution in [2.75, 3.05) is 11.9 Å². The van der Waals surface area contributed by atoms with Crippen molar-refractivity contribution in [1.29, 1.82) is 0 Å². The molecule has 0 aromatic carbocycles. The predicted octanol–water partition coefficient (Wildman–Crippen LogP) is 3.50. The van der Waals surface area contributed by atoms with E-state index in [0.29, 0.717) is 16.6 Å². The van der Waals surface area contributed by atoms with Crippen LogP contribution < -0.4 is 5.32 Å². The summed E-state index contributed by atoms with van der Waals surface area (Å²) in [5.41, 5.74) is 2.48. The van der Waals surface area contributed by atoms with Gasteiger partial charge < -0.3 is 10.1 Å². The molecule has 1 N–H and O–H groups in total. The van der Waals surface area contributed by atoms with Crippen molar-refractivity contribution < 1.29 is 14.3 Å². The van der Waals surface area contributed by atoms with Crippen LogP contribution in [0.1, 0.15) is 45.1 Å². The quantitative estimate of drug-likeness (QED) is 0.650. The molecule has 0 aliphatic carbocycles. The van der Waals surface area contributed by atoms with Crippen molar-refractivity contribution >= 4 is 39.6 Å². The number of hydrogen-bond donors (Lipinski definition) is 1. The topological polar surface area (TPSA) is 68.3 Å². The zero-order valence-corrected chi connectivity index (χ0v) is 13.7. The van der Waals surface area contributed by atoms with E-state index >= 15 is 0 Å². The lowest BCUT2D eigenvalue weighted by Crippen LogP contribution is -2.09. The number of esters is 1. The van der Waals surface area contributed by atoms with Crippen molar-refractivity contribution in [3.63, 3.8) is 0 Å². The van der Waals surface area contributed by atoms with Gasteiger partial charge in [0, 0.05) is 13.5 Å². The van der Waals surface area contributed by atoms with Crippen LogP contribution in [0.4, 0.5) is 5.13 Å². The Balaban J connectivity index is 2.17. The number of aromatic nitrogens is 1. The van der Waals surface area contributed by atoms with Crippen molar-refractivity contribution in [2.24, 2.45) is 0 Å². The van der Waals surface area contributed by atoms with E-state index in [9.17, 15) is 9.59 Å². The Morgan fingerprint density at radius 3 is 2.71 bits per heavy atom. The Morgan fingerprint density at radius 2 is 2.14 bits per heavy atom. The number of thiophene rings is 1. The van der Waals surface area contributed by atoms with Crippen LogP contribution >= 0.6 is 22.7 Å². The molecule has 112 valence electrons. The van der Waals surface area contributed by atoms with Crippen molar-refractivity contribution in [3.05, 3.63) is 32.5 Å². The van der Waals surface area contributed by atoms with Crippen LogP contribution in [0.15, 0.2) is 10.8 Å². The number of carbonyl (C=O) groups excluding carboxylic acids is 2. The van der Waals surface area contributed by atoms with Crippen molar-refractivity contribution in [3.8, 4) is 0 Å². The smallest absolute Gasteiger partial charge is 0.358 e. The summed E-state index contributed by atoms with van der Waals surface area (Å²) in [6.07, 6.45) is 0. The van der Waals surface area contributed by atoms with E-state index in [1.807, 2.05) is 6.92 Å². The number of Topliss-reactive ketones (excluding diaryl/α,β-unsaturated/α-hetero) is 1. The van der Waals surface area contributed by atoms with Gasteiger partial charge in [0.1, 0.15) is 4.88 Å². The van der Waals surface area contributed by atoms with Gasteiger partial charge in [-0.05, 0) is 35.7 Å². The van der Waals surface area contributed by atoms with E-state index in [4.69, 9.17) is 4.74 Å². The summed E-state index contributed by atoms with van der Waals surface area (Å²) >= 11 is 2.82. The molecule has 0 atom stereocenters. The van der Waals surface area contributed by atoms with Crippen molar-refractivity contribution in [2.45, 2.75) is 27.3 Å². The maximum atomic E-state index is 11.8. The molecule has 0 unspecified atom stereocenters. The summed E-state index contributed by atoms with van der Waals surface area (Å²) in [5.74, 6) is -0.742. The first kappa shape index (κ1) is 15.7. The van der Waals surface area contributed by atoms with E-state index in [1.54, 1.807) is 18.3 Å². The highest BCUT2D eigenvalue weighted by atomic mass is 32.1. The Hall–Kier alpha value is -1.73. The fraction of sp³-hybridized carbons (Fsp3) is 0.357. The van der Waals surface area contributed by atoms with Crippen LogP contribution in [0, 0.1) is 6.92 Å². The molecular formula is C14H16N2O3S2. The summed E-state index contributed by atoms with van der Waals surface area (Å²) in [5, 5.41) is 7.84. The fourth-order valence-electron chi connectivity index (χ4n) is 1.71. The molecule has 0 amide bonds. The zero-order chi connectivity index (χ0) is 15.4. The minimum atomic E-state index is -0.557. The van der Waals surface area contributed by atoms with Crippen LogP contribution in [0.25, 0.3) is 0 Å². The van der Waals surface area contributed by atoms with Crippen LogP contribution in [0.2, 0.25) is 0 Å². The number of ether oxygens (including phenoxy) is 1. The van der Waals surface area contributed by atoms with E-state index in [1.165, 1.54) is 29.4 Å². The number of hydrogen-bond acceptors (Lipinski definition) is 7. The standard InChI is InChI=1S/C14H16N2O3S2/c1-4-19-13(18)11-12(9(3)17)21-14(16-11)15-5-10-7-20-6-8(10)2/h6-7H,4-5H2,1-3H3,(H,15,16). The molecule has 0 aliphatic rings. The van der Waals surface area contributed by atoms with Gasteiger partial charge in [0.15, 0.2) is 16.6 Å². The minimum Gasteiger partial charge on any atom is -0.461 e. The first-order chi connectivity index (χ1) is 10.0. The number of ketones is 1. The zero-order valence-electron chi connectivity index (χ0n) is 12.1. The van der Waals surface area contributed by atoms with Gasteiger partial charge in [-0.2, -0.15) is 11.3 Å². The van der Waals surface area contributed by atoms with Crippen LogP contribution in [0.3, 0.4) is 0 Å². The molecule has 0 fully saturated rings. The maximum absolute atomic E-state index is 11.8. The number of aryl methyl sites for hydroxylation is 1.